The summed E-state index contributed by atoms with van der Waals surface area (Å²) in [5, 5.41) is 16.4. The van der Waals surface area contributed by atoms with E-state index in [9.17, 15) is 10.1 Å². The molecule has 0 aliphatic heterocycles. The van der Waals surface area contributed by atoms with Crippen LogP contribution >= 0.6 is 12.2 Å². The van der Waals surface area contributed by atoms with Crippen LogP contribution in [0.3, 0.4) is 0 Å². The summed E-state index contributed by atoms with van der Waals surface area (Å²) >= 11 is 4.76. The van der Waals surface area contributed by atoms with Gasteiger partial charge in [0.15, 0.2) is 5.11 Å². The van der Waals surface area contributed by atoms with Crippen molar-refractivity contribution in [3.63, 3.8) is 0 Å². The molecule has 6 nitrogen and oxygen atoms in total. The van der Waals surface area contributed by atoms with E-state index in [1.54, 1.807) is 24.3 Å². The van der Waals surface area contributed by atoms with Crippen LogP contribution in [0.15, 0.2) is 53.6 Å². The molecule has 1 amide bonds. The van der Waals surface area contributed by atoms with Gasteiger partial charge in [0.05, 0.1) is 6.07 Å². The molecule has 0 radical (unpaired) electrons. The Balaban J connectivity index is 2.41. The van der Waals surface area contributed by atoms with Crippen LogP contribution in [-0.2, 0) is 4.79 Å². The van der Waals surface area contributed by atoms with Crippen LogP contribution in [0.1, 0.15) is 22.6 Å². The maximum absolute atomic E-state index is 12.9. The largest absolute Gasteiger partial charge is 0.375 e. The minimum absolute atomic E-state index is 0.0193. The van der Waals surface area contributed by atoms with Crippen molar-refractivity contribution in [1.29, 1.82) is 5.26 Å². The highest BCUT2D eigenvalue weighted by molar-refractivity contribution is 7.80. The second-order valence-corrected chi connectivity index (χ2v) is 6.11. The van der Waals surface area contributed by atoms with E-state index in [1.165, 1.54) is 0 Å². The Morgan fingerprint density at radius 2 is 1.77 bits per heavy atom. The first-order valence-electron chi connectivity index (χ1n) is 7.89. The number of rotatable bonds is 5. The van der Waals surface area contributed by atoms with Crippen LogP contribution in [0.5, 0.6) is 0 Å². The third kappa shape index (κ3) is 4.65. The van der Waals surface area contributed by atoms with Crippen molar-refractivity contribution in [1.82, 2.24) is 5.43 Å². The van der Waals surface area contributed by atoms with E-state index in [1.807, 2.05) is 38.1 Å². The Morgan fingerprint density at radius 3 is 2.31 bits per heavy atom. The summed E-state index contributed by atoms with van der Waals surface area (Å²) in [5.41, 5.74) is 11.0. The van der Waals surface area contributed by atoms with Crippen molar-refractivity contribution in [3.05, 3.63) is 65.2 Å². The number of nitrogens with two attached hydrogens (primary N) is 1. The number of carbonyl (C=O) groups excluding carboxylic acids is 1. The van der Waals surface area contributed by atoms with Gasteiger partial charge in [-0.3, -0.25) is 10.2 Å². The van der Waals surface area contributed by atoms with Gasteiger partial charge in [0, 0.05) is 5.69 Å². The smallest absolute Gasteiger partial charge is 0.273 e. The fraction of sp³-hybridized carbons (Fsp3) is 0.158. The van der Waals surface area contributed by atoms with Gasteiger partial charge in [-0.2, -0.15) is 10.4 Å². The molecule has 0 aliphatic rings. The van der Waals surface area contributed by atoms with Crippen LogP contribution in [0.4, 0.5) is 5.69 Å². The second-order valence-electron chi connectivity index (χ2n) is 5.67. The van der Waals surface area contributed by atoms with Crippen molar-refractivity contribution >= 4 is 34.6 Å². The molecular formula is C19H19N5OS. The molecule has 0 spiro atoms. The number of benzene rings is 2. The zero-order chi connectivity index (χ0) is 19.1. The maximum atomic E-state index is 12.9. The second kappa shape index (κ2) is 8.74. The molecule has 0 unspecified atom stereocenters. The van der Waals surface area contributed by atoms with Gasteiger partial charge in [0.25, 0.3) is 5.91 Å². The molecule has 4 N–H and O–H groups in total. The number of nitrogens with one attached hydrogen (secondary N) is 2. The number of para-hydroxylation sites is 1. The number of hydrogen-bond donors (Lipinski definition) is 3. The van der Waals surface area contributed by atoms with Gasteiger partial charge in [-0.1, -0.05) is 48.5 Å². The molecule has 0 fully saturated rings. The van der Waals surface area contributed by atoms with Gasteiger partial charge in [-0.25, -0.2) is 0 Å². The SMILES string of the molecule is Cc1cccc(C)c1NC(=O)/C(=N/NC(N)=S)[C@@H](C#N)c1ccccc1. The lowest BCUT2D eigenvalue weighted by Gasteiger charge is -2.16. The molecule has 0 aliphatic carbocycles. The summed E-state index contributed by atoms with van der Waals surface area (Å²) < 4.78 is 0. The molecule has 0 saturated carbocycles. The average Bonchev–Trinajstić information content (AvgIpc) is 2.62. The first-order chi connectivity index (χ1) is 12.4. The van der Waals surface area contributed by atoms with E-state index in [0.29, 0.717) is 11.3 Å². The van der Waals surface area contributed by atoms with Gasteiger partial charge in [0.1, 0.15) is 11.6 Å². The molecule has 26 heavy (non-hydrogen) atoms. The summed E-state index contributed by atoms with van der Waals surface area (Å²) in [4.78, 5) is 12.9. The quantitative estimate of drug-likeness (QED) is 0.429. The van der Waals surface area contributed by atoms with E-state index in [0.717, 1.165) is 11.1 Å². The lowest BCUT2D eigenvalue weighted by molar-refractivity contribution is -0.110. The predicted molar refractivity (Wildman–Crippen MR) is 107 cm³/mol. The van der Waals surface area contributed by atoms with Crippen molar-refractivity contribution < 1.29 is 4.79 Å². The Morgan fingerprint density at radius 1 is 1.15 bits per heavy atom. The topological polar surface area (TPSA) is 103 Å². The van der Waals surface area contributed by atoms with Crippen LogP contribution in [0.25, 0.3) is 0 Å². The van der Waals surface area contributed by atoms with Crippen molar-refractivity contribution in [2.45, 2.75) is 19.8 Å². The Hall–Kier alpha value is -3.24. The van der Waals surface area contributed by atoms with E-state index in [4.69, 9.17) is 18.0 Å². The number of nitrogens with zero attached hydrogens (tertiary/aromatic N) is 2. The van der Waals surface area contributed by atoms with Gasteiger partial charge in [-0.15, -0.1) is 0 Å². The van der Waals surface area contributed by atoms with E-state index >= 15 is 0 Å². The highest BCUT2D eigenvalue weighted by Crippen LogP contribution is 2.22. The summed E-state index contributed by atoms with van der Waals surface area (Å²) in [6.45, 7) is 3.79. The third-order valence-electron chi connectivity index (χ3n) is 3.77. The number of carbonyl (C=O) groups is 1. The minimum atomic E-state index is -0.873. The summed E-state index contributed by atoms with van der Waals surface area (Å²) in [6, 6.07) is 16.8. The number of anilines is 1. The fourth-order valence-corrected chi connectivity index (χ4v) is 2.54. The maximum Gasteiger partial charge on any atom is 0.273 e. The molecule has 0 bridgehead atoms. The molecule has 0 heterocycles. The van der Waals surface area contributed by atoms with Gasteiger partial charge in [0.2, 0.25) is 0 Å². The van der Waals surface area contributed by atoms with E-state index in [-0.39, 0.29) is 10.8 Å². The lowest BCUT2D eigenvalue weighted by atomic mass is 9.94. The monoisotopic (exact) mass is 365 g/mol. The van der Waals surface area contributed by atoms with Crippen LogP contribution in [-0.4, -0.2) is 16.7 Å². The predicted octanol–water partition coefficient (Wildman–Crippen LogP) is 2.74. The molecule has 2 aromatic rings. The van der Waals surface area contributed by atoms with Gasteiger partial charge in [-0.05, 0) is 42.8 Å². The number of aryl methyl sites for hydroxylation is 2. The van der Waals surface area contributed by atoms with E-state index < -0.39 is 11.8 Å². The number of hydrogen-bond acceptors (Lipinski definition) is 4. The van der Waals surface area contributed by atoms with Gasteiger partial charge < -0.3 is 11.1 Å². The van der Waals surface area contributed by atoms with Crippen molar-refractivity contribution in [3.8, 4) is 6.07 Å². The van der Waals surface area contributed by atoms with Crippen molar-refractivity contribution in [2.24, 2.45) is 10.8 Å². The van der Waals surface area contributed by atoms with E-state index in [2.05, 4.69) is 21.9 Å². The average molecular weight is 365 g/mol. The molecular weight excluding hydrogens is 346 g/mol. The summed E-state index contributed by atoms with van der Waals surface area (Å²) in [7, 11) is 0. The first-order valence-corrected chi connectivity index (χ1v) is 8.30. The molecule has 0 saturated heterocycles. The lowest BCUT2D eigenvalue weighted by Crippen LogP contribution is -2.33. The molecule has 1 atom stereocenters. The summed E-state index contributed by atoms with van der Waals surface area (Å²) in [5.74, 6) is -1.37. The standard InChI is InChI=1S/C19H19N5OS/c1-12-7-6-8-13(2)16(12)22-18(25)17(23-24-19(21)26)15(11-20)14-9-4-3-5-10-14/h3-10,15H,1-2H3,(H,22,25)(H3,21,24,26)/b23-17+/t15-/m0/s1. The molecule has 2 aromatic carbocycles. The molecule has 132 valence electrons. The molecule has 7 heteroatoms. The normalized spacial score (nSPS) is 12.0. The highest BCUT2D eigenvalue weighted by atomic mass is 32.1. The molecule has 0 aromatic heterocycles. The Bertz CT molecular complexity index is 866. The number of amides is 1. The number of nitriles is 1. The third-order valence-corrected chi connectivity index (χ3v) is 3.87. The zero-order valence-corrected chi connectivity index (χ0v) is 15.3. The highest BCUT2D eigenvalue weighted by Gasteiger charge is 2.26. The van der Waals surface area contributed by atoms with Crippen LogP contribution in [0.2, 0.25) is 0 Å². The Kier molecular flexibility index (Phi) is 6.42. The number of hydrazone groups is 1. The van der Waals surface area contributed by atoms with Crippen LogP contribution < -0.4 is 16.5 Å². The van der Waals surface area contributed by atoms with Gasteiger partial charge >= 0.3 is 0 Å². The Labute approximate surface area is 157 Å². The summed E-state index contributed by atoms with van der Waals surface area (Å²) in [6.07, 6.45) is 0. The fourth-order valence-electron chi connectivity index (χ4n) is 2.49. The molecule has 2 rings (SSSR count). The van der Waals surface area contributed by atoms with Crippen LogP contribution in [0, 0.1) is 25.2 Å². The van der Waals surface area contributed by atoms with Crippen molar-refractivity contribution in [2.75, 3.05) is 5.32 Å². The first kappa shape index (κ1) is 19.1. The number of thiocarbonyl (C=S) groups is 1. The zero-order valence-electron chi connectivity index (χ0n) is 14.5. The minimum Gasteiger partial charge on any atom is -0.375 e.